The summed E-state index contributed by atoms with van der Waals surface area (Å²) in [5.41, 5.74) is 0. The molecule has 0 bridgehead atoms. The molecule has 23 heavy (non-hydrogen) atoms. The molecule has 0 aliphatic heterocycles. The molecule has 136 valence electrons. The second-order valence-corrected chi connectivity index (χ2v) is 8.33. The lowest BCUT2D eigenvalue weighted by atomic mass is 10.1. The van der Waals surface area contributed by atoms with E-state index in [4.69, 9.17) is 5.26 Å². The van der Waals surface area contributed by atoms with Gasteiger partial charge in [0.25, 0.3) is 0 Å². The van der Waals surface area contributed by atoms with Gasteiger partial charge in [-0.2, -0.15) is 5.26 Å². The average Bonchev–Trinajstić information content (AvgIpc) is 2.53. The normalized spacial score (nSPS) is 12.9. The smallest absolute Gasteiger partial charge is 0.214 e. The van der Waals surface area contributed by atoms with E-state index in [0.717, 1.165) is 38.5 Å². The Hall–Kier alpha value is -0.600. The number of hydrogen-bond donors (Lipinski definition) is 1. The lowest BCUT2D eigenvalue weighted by Gasteiger charge is -2.11. The van der Waals surface area contributed by atoms with Gasteiger partial charge in [-0.05, 0) is 12.8 Å². The molecular weight excluding hydrogens is 308 g/mol. The average molecular weight is 345 g/mol. The van der Waals surface area contributed by atoms with Crippen molar-refractivity contribution in [2.45, 2.75) is 103 Å². The standard InChI is InChI=1S/C18H36N2O2S/c1-3-5-7-9-10-11-12-14-16-20-23(21,22)18(17-19)15-13-8-6-4-2/h18,20H,3-16H2,1-2H3. The summed E-state index contributed by atoms with van der Waals surface area (Å²) >= 11 is 0. The first-order valence-corrected chi connectivity index (χ1v) is 11.0. The van der Waals surface area contributed by atoms with Crippen LogP contribution in [0.1, 0.15) is 97.3 Å². The van der Waals surface area contributed by atoms with Gasteiger partial charge in [0.2, 0.25) is 10.0 Å². The third kappa shape index (κ3) is 12.5. The van der Waals surface area contributed by atoms with Gasteiger partial charge in [0, 0.05) is 6.54 Å². The van der Waals surface area contributed by atoms with Crippen LogP contribution < -0.4 is 4.72 Å². The Morgan fingerprint density at radius 3 is 1.83 bits per heavy atom. The molecule has 0 aliphatic carbocycles. The van der Waals surface area contributed by atoms with Crippen molar-refractivity contribution in [3.63, 3.8) is 0 Å². The molecule has 0 aromatic heterocycles. The van der Waals surface area contributed by atoms with Crippen molar-refractivity contribution < 1.29 is 8.42 Å². The number of hydrogen-bond acceptors (Lipinski definition) is 3. The third-order valence-electron chi connectivity index (χ3n) is 4.17. The summed E-state index contributed by atoms with van der Waals surface area (Å²) < 4.78 is 26.8. The third-order valence-corrected chi connectivity index (χ3v) is 5.87. The molecular formula is C18H36N2O2S. The Labute approximate surface area is 144 Å². The molecule has 0 aliphatic rings. The van der Waals surface area contributed by atoms with Crippen LogP contribution in [0, 0.1) is 11.3 Å². The molecule has 4 nitrogen and oxygen atoms in total. The predicted molar refractivity (Wildman–Crippen MR) is 97.7 cm³/mol. The molecule has 0 radical (unpaired) electrons. The zero-order chi connectivity index (χ0) is 17.4. The van der Waals surface area contributed by atoms with E-state index < -0.39 is 15.3 Å². The highest BCUT2D eigenvalue weighted by molar-refractivity contribution is 7.90. The van der Waals surface area contributed by atoms with E-state index in [1.54, 1.807) is 0 Å². The second kappa shape index (κ2) is 15.0. The molecule has 0 aromatic carbocycles. The predicted octanol–water partition coefficient (Wildman–Crippen LogP) is 4.91. The molecule has 0 amide bonds. The largest absolute Gasteiger partial charge is 0.227 e. The molecule has 0 spiro atoms. The zero-order valence-corrected chi connectivity index (χ0v) is 16.0. The zero-order valence-electron chi connectivity index (χ0n) is 15.1. The summed E-state index contributed by atoms with van der Waals surface area (Å²) in [6, 6.07) is 1.95. The number of unbranched alkanes of at least 4 members (excludes halogenated alkanes) is 10. The van der Waals surface area contributed by atoms with Crippen LogP contribution in [0.3, 0.4) is 0 Å². The maximum Gasteiger partial charge on any atom is 0.227 e. The van der Waals surface area contributed by atoms with Crippen LogP contribution in [0.4, 0.5) is 0 Å². The molecule has 0 heterocycles. The number of nitrogens with one attached hydrogen (secondary N) is 1. The highest BCUT2D eigenvalue weighted by atomic mass is 32.2. The molecule has 1 unspecified atom stereocenters. The number of sulfonamides is 1. The molecule has 0 fully saturated rings. The van der Waals surface area contributed by atoms with Crippen LogP contribution in [0.15, 0.2) is 0 Å². The Morgan fingerprint density at radius 1 is 0.826 bits per heavy atom. The molecule has 1 atom stereocenters. The lowest BCUT2D eigenvalue weighted by Crippen LogP contribution is -2.34. The molecule has 1 N–H and O–H groups in total. The van der Waals surface area contributed by atoms with Crippen molar-refractivity contribution in [2.75, 3.05) is 6.54 Å². The fraction of sp³-hybridized carbons (Fsp3) is 0.944. The van der Waals surface area contributed by atoms with Crippen molar-refractivity contribution in [3.8, 4) is 6.07 Å². The number of nitrogens with zero attached hydrogens (tertiary/aromatic N) is 1. The van der Waals surface area contributed by atoms with Crippen molar-refractivity contribution >= 4 is 10.0 Å². The van der Waals surface area contributed by atoms with Gasteiger partial charge in [-0.3, -0.25) is 0 Å². The maximum atomic E-state index is 12.1. The van der Waals surface area contributed by atoms with Crippen LogP contribution in [-0.4, -0.2) is 20.2 Å². The highest BCUT2D eigenvalue weighted by Crippen LogP contribution is 2.12. The molecule has 5 heteroatoms. The van der Waals surface area contributed by atoms with Gasteiger partial charge in [0.1, 0.15) is 0 Å². The monoisotopic (exact) mass is 344 g/mol. The van der Waals surface area contributed by atoms with Gasteiger partial charge in [0.05, 0.1) is 6.07 Å². The summed E-state index contributed by atoms with van der Waals surface area (Å²) in [5.74, 6) is 0. The van der Waals surface area contributed by atoms with Gasteiger partial charge in [-0.1, -0.05) is 84.5 Å². The number of nitriles is 1. The first kappa shape index (κ1) is 22.4. The minimum absolute atomic E-state index is 0.448. The second-order valence-electron chi connectivity index (χ2n) is 6.38. The summed E-state index contributed by atoms with van der Waals surface area (Å²) in [6.45, 7) is 4.79. The van der Waals surface area contributed by atoms with E-state index in [1.807, 2.05) is 6.07 Å². The van der Waals surface area contributed by atoms with Gasteiger partial charge in [-0.25, -0.2) is 13.1 Å². The first-order valence-electron chi connectivity index (χ1n) is 9.46. The fourth-order valence-electron chi connectivity index (χ4n) is 2.62. The van der Waals surface area contributed by atoms with Gasteiger partial charge in [-0.15, -0.1) is 0 Å². The van der Waals surface area contributed by atoms with E-state index >= 15 is 0 Å². The Morgan fingerprint density at radius 2 is 1.30 bits per heavy atom. The minimum Gasteiger partial charge on any atom is -0.214 e. The van der Waals surface area contributed by atoms with E-state index in [2.05, 4.69) is 18.6 Å². The van der Waals surface area contributed by atoms with Crippen LogP contribution in [0.5, 0.6) is 0 Å². The molecule has 0 aromatic rings. The summed E-state index contributed by atoms with van der Waals surface area (Å²) in [4.78, 5) is 0. The molecule has 0 saturated heterocycles. The molecule has 0 rings (SSSR count). The summed E-state index contributed by atoms with van der Waals surface area (Å²) in [5, 5.41) is 8.20. The number of rotatable bonds is 16. The minimum atomic E-state index is -3.48. The van der Waals surface area contributed by atoms with Crippen molar-refractivity contribution in [3.05, 3.63) is 0 Å². The topological polar surface area (TPSA) is 70.0 Å². The Kier molecular flexibility index (Phi) is 14.6. The van der Waals surface area contributed by atoms with Crippen LogP contribution >= 0.6 is 0 Å². The molecule has 0 saturated carbocycles. The van der Waals surface area contributed by atoms with Crippen molar-refractivity contribution in [2.24, 2.45) is 0 Å². The van der Waals surface area contributed by atoms with Crippen LogP contribution in [-0.2, 0) is 10.0 Å². The quantitative estimate of drug-likeness (QED) is 0.404. The van der Waals surface area contributed by atoms with Gasteiger partial charge >= 0.3 is 0 Å². The SMILES string of the molecule is CCCCCCCCCCNS(=O)(=O)C(C#N)CCCCCC. The lowest BCUT2D eigenvalue weighted by molar-refractivity contribution is 0.548. The van der Waals surface area contributed by atoms with E-state index in [0.29, 0.717) is 13.0 Å². The fourth-order valence-corrected chi connectivity index (χ4v) is 3.87. The highest BCUT2D eigenvalue weighted by Gasteiger charge is 2.23. The summed E-state index contributed by atoms with van der Waals surface area (Å²) in [7, 11) is -3.48. The van der Waals surface area contributed by atoms with Crippen molar-refractivity contribution in [1.82, 2.24) is 4.72 Å². The van der Waals surface area contributed by atoms with Crippen LogP contribution in [0.25, 0.3) is 0 Å². The van der Waals surface area contributed by atoms with Crippen LogP contribution in [0.2, 0.25) is 0 Å². The Balaban J connectivity index is 3.78. The van der Waals surface area contributed by atoms with Gasteiger partial charge in [0.15, 0.2) is 5.25 Å². The Bertz CT molecular complexity index is 402. The van der Waals surface area contributed by atoms with E-state index in [-0.39, 0.29) is 0 Å². The first-order chi connectivity index (χ1) is 11.1. The van der Waals surface area contributed by atoms with Crippen molar-refractivity contribution in [1.29, 1.82) is 5.26 Å². The van der Waals surface area contributed by atoms with E-state index in [9.17, 15) is 8.42 Å². The van der Waals surface area contributed by atoms with E-state index in [1.165, 1.54) is 38.5 Å². The summed E-state index contributed by atoms with van der Waals surface area (Å²) in [6.07, 6.45) is 14.0. The maximum absolute atomic E-state index is 12.1. The van der Waals surface area contributed by atoms with Gasteiger partial charge < -0.3 is 0 Å².